The van der Waals surface area contributed by atoms with Gasteiger partial charge in [0.25, 0.3) is 0 Å². The molecule has 6 nitrogen and oxygen atoms in total. The number of hydrogen-bond acceptors (Lipinski definition) is 6. The molecule has 0 aliphatic heterocycles. The van der Waals surface area contributed by atoms with Crippen LogP contribution in [-0.2, 0) is 25.5 Å². The summed E-state index contributed by atoms with van der Waals surface area (Å²) in [5.41, 5.74) is 0.304. The van der Waals surface area contributed by atoms with Gasteiger partial charge in [0.15, 0.2) is 5.13 Å². The molecule has 1 aliphatic rings. The number of amides is 1. The van der Waals surface area contributed by atoms with E-state index in [2.05, 4.69) is 15.0 Å². The van der Waals surface area contributed by atoms with Crippen LogP contribution in [0.5, 0.6) is 0 Å². The van der Waals surface area contributed by atoms with Crippen LogP contribution >= 0.6 is 11.3 Å². The van der Waals surface area contributed by atoms with Crippen molar-refractivity contribution < 1.29 is 19.1 Å². The monoisotopic (exact) mass is 298 g/mol. The third kappa shape index (κ3) is 3.55. The van der Waals surface area contributed by atoms with Gasteiger partial charge in [-0.3, -0.25) is 9.59 Å². The molecule has 1 heterocycles. The summed E-state index contributed by atoms with van der Waals surface area (Å²) >= 11 is 1.30. The van der Waals surface area contributed by atoms with E-state index in [-0.39, 0.29) is 23.9 Å². The second-order valence-electron chi connectivity index (χ2n) is 4.86. The highest BCUT2D eigenvalue weighted by Crippen LogP contribution is 2.38. The highest BCUT2D eigenvalue weighted by molar-refractivity contribution is 7.13. The van der Waals surface area contributed by atoms with E-state index in [0.717, 1.165) is 19.3 Å². The Balaban J connectivity index is 1.86. The van der Waals surface area contributed by atoms with E-state index in [4.69, 9.17) is 4.74 Å². The first-order valence-corrected chi connectivity index (χ1v) is 7.31. The zero-order valence-corrected chi connectivity index (χ0v) is 12.4. The van der Waals surface area contributed by atoms with Gasteiger partial charge in [-0.15, -0.1) is 11.3 Å². The molecule has 0 bridgehead atoms. The fourth-order valence-corrected chi connectivity index (χ4v) is 2.87. The number of nitrogens with zero attached hydrogens (tertiary/aromatic N) is 1. The van der Waals surface area contributed by atoms with E-state index < -0.39 is 0 Å². The molecule has 0 saturated heterocycles. The van der Waals surface area contributed by atoms with E-state index >= 15 is 0 Å². The number of thiazole rings is 1. The molecule has 0 radical (unpaired) electrons. The molecule has 1 N–H and O–H groups in total. The maximum Gasteiger partial charge on any atom is 0.311 e. The molecule has 1 aromatic heterocycles. The predicted molar refractivity (Wildman–Crippen MR) is 74.7 cm³/mol. The predicted octanol–water partition coefficient (Wildman–Crippen LogP) is 1.76. The zero-order valence-electron chi connectivity index (χ0n) is 11.6. The number of rotatable bonds is 6. The van der Waals surface area contributed by atoms with Gasteiger partial charge in [0.05, 0.1) is 31.2 Å². The Bertz CT molecular complexity index is 491. The van der Waals surface area contributed by atoms with Crippen molar-refractivity contribution in [2.24, 2.45) is 0 Å². The first-order valence-electron chi connectivity index (χ1n) is 6.43. The molecule has 0 aromatic carbocycles. The van der Waals surface area contributed by atoms with Crippen molar-refractivity contribution in [3.05, 3.63) is 11.1 Å². The average Bonchev–Trinajstić information content (AvgIpc) is 2.80. The number of anilines is 1. The highest BCUT2D eigenvalue weighted by Gasteiger charge is 2.39. The zero-order chi connectivity index (χ0) is 14.6. The largest absolute Gasteiger partial charge is 0.469 e. The highest BCUT2D eigenvalue weighted by atomic mass is 32.1. The van der Waals surface area contributed by atoms with Crippen LogP contribution in [-0.4, -0.2) is 36.7 Å². The van der Waals surface area contributed by atoms with Gasteiger partial charge >= 0.3 is 5.97 Å². The van der Waals surface area contributed by atoms with E-state index in [1.807, 2.05) is 0 Å². The molecule has 20 heavy (non-hydrogen) atoms. The molecular formula is C13H18N2O4S. The quantitative estimate of drug-likeness (QED) is 0.810. The van der Waals surface area contributed by atoms with Crippen molar-refractivity contribution in [1.29, 1.82) is 0 Å². The van der Waals surface area contributed by atoms with Gasteiger partial charge in [0, 0.05) is 12.5 Å². The number of nitrogens with one attached hydrogen (secondary N) is 1. The molecule has 1 amide bonds. The first kappa shape index (κ1) is 14.9. The summed E-state index contributed by atoms with van der Waals surface area (Å²) < 4.78 is 9.98. The molecule has 1 saturated carbocycles. The van der Waals surface area contributed by atoms with Crippen LogP contribution < -0.4 is 5.32 Å². The topological polar surface area (TPSA) is 77.5 Å². The molecule has 1 aliphatic carbocycles. The lowest BCUT2D eigenvalue weighted by Crippen LogP contribution is -2.42. The molecule has 0 unspecified atom stereocenters. The maximum absolute atomic E-state index is 12.0. The molecule has 110 valence electrons. The summed E-state index contributed by atoms with van der Waals surface area (Å²) in [5.74, 6) is -0.452. The Labute approximate surface area is 121 Å². The second-order valence-corrected chi connectivity index (χ2v) is 5.72. The number of carbonyl (C=O) groups excluding carboxylic acids is 2. The van der Waals surface area contributed by atoms with E-state index in [0.29, 0.717) is 17.2 Å². The van der Waals surface area contributed by atoms with Gasteiger partial charge in [-0.05, 0) is 19.3 Å². The van der Waals surface area contributed by atoms with Crippen molar-refractivity contribution in [2.75, 3.05) is 19.5 Å². The number of hydrogen-bond donors (Lipinski definition) is 1. The van der Waals surface area contributed by atoms with Gasteiger partial charge in [-0.1, -0.05) is 0 Å². The van der Waals surface area contributed by atoms with Crippen LogP contribution in [0.2, 0.25) is 0 Å². The first-order chi connectivity index (χ1) is 9.57. The van der Waals surface area contributed by atoms with E-state index in [1.54, 1.807) is 12.5 Å². The summed E-state index contributed by atoms with van der Waals surface area (Å²) in [5, 5.41) is 4.99. The van der Waals surface area contributed by atoms with E-state index in [1.165, 1.54) is 18.4 Å². The van der Waals surface area contributed by atoms with Crippen molar-refractivity contribution in [3.63, 3.8) is 0 Å². The standard InChI is InChI=1S/C13H18N2O4S/c1-18-11(17)6-9-8-20-12(14-9)15-10(16)7-13(19-2)4-3-5-13/h8H,3-7H2,1-2H3,(H,14,15,16). The second kappa shape index (κ2) is 6.32. The van der Waals surface area contributed by atoms with Gasteiger partial charge in [-0.25, -0.2) is 4.98 Å². The SMILES string of the molecule is COC(=O)Cc1csc(NC(=O)CC2(OC)CCC2)n1. The van der Waals surface area contributed by atoms with Gasteiger partial charge in [0.1, 0.15) is 0 Å². The fraction of sp³-hybridized carbons (Fsp3) is 0.615. The van der Waals surface area contributed by atoms with Crippen LogP contribution in [0.25, 0.3) is 0 Å². The summed E-state index contributed by atoms with van der Waals surface area (Å²) in [7, 11) is 2.98. The molecule has 0 spiro atoms. The lowest BCUT2D eigenvalue weighted by Gasteiger charge is -2.39. The third-order valence-electron chi connectivity index (χ3n) is 3.53. The number of carbonyl (C=O) groups is 2. The molecule has 7 heteroatoms. The lowest BCUT2D eigenvalue weighted by atomic mass is 9.77. The van der Waals surface area contributed by atoms with Crippen LogP contribution in [0.15, 0.2) is 5.38 Å². The molecule has 0 atom stereocenters. The van der Waals surface area contributed by atoms with Crippen molar-refractivity contribution in [1.82, 2.24) is 4.98 Å². The third-order valence-corrected chi connectivity index (χ3v) is 4.34. The smallest absolute Gasteiger partial charge is 0.311 e. The fourth-order valence-electron chi connectivity index (χ4n) is 2.15. The Hall–Kier alpha value is -1.47. The minimum absolute atomic E-state index is 0.106. The van der Waals surface area contributed by atoms with Gasteiger partial charge in [0.2, 0.25) is 5.91 Å². The van der Waals surface area contributed by atoms with Crippen molar-refractivity contribution >= 4 is 28.3 Å². The van der Waals surface area contributed by atoms with Crippen LogP contribution in [0.4, 0.5) is 5.13 Å². The summed E-state index contributed by atoms with van der Waals surface area (Å²) in [6.07, 6.45) is 3.40. The Morgan fingerprint density at radius 3 is 2.75 bits per heavy atom. The Morgan fingerprint density at radius 2 is 2.20 bits per heavy atom. The maximum atomic E-state index is 12.0. The molecule has 1 aromatic rings. The average molecular weight is 298 g/mol. The molecule has 1 fully saturated rings. The normalized spacial score (nSPS) is 16.3. The van der Waals surface area contributed by atoms with Gasteiger partial charge < -0.3 is 14.8 Å². The minimum Gasteiger partial charge on any atom is -0.469 e. The summed E-state index contributed by atoms with van der Waals surface area (Å²) in [4.78, 5) is 27.3. The van der Waals surface area contributed by atoms with Crippen LogP contribution in [0.3, 0.4) is 0 Å². The Kier molecular flexibility index (Phi) is 4.72. The van der Waals surface area contributed by atoms with Crippen LogP contribution in [0, 0.1) is 0 Å². The Morgan fingerprint density at radius 1 is 1.45 bits per heavy atom. The number of methoxy groups -OCH3 is 2. The minimum atomic E-state index is -0.346. The number of ether oxygens (including phenoxy) is 2. The molecular weight excluding hydrogens is 280 g/mol. The van der Waals surface area contributed by atoms with Crippen molar-refractivity contribution in [2.45, 2.75) is 37.7 Å². The summed E-state index contributed by atoms with van der Waals surface area (Å²) in [6, 6.07) is 0. The van der Waals surface area contributed by atoms with Gasteiger partial charge in [-0.2, -0.15) is 0 Å². The summed E-state index contributed by atoms with van der Waals surface area (Å²) in [6.45, 7) is 0. The molecule has 2 rings (SSSR count). The van der Waals surface area contributed by atoms with Crippen molar-refractivity contribution in [3.8, 4) is 0 Å². The van der Waals surface area contributed by atoms with Crippen LogP contribution in [0.1, 0.15) is 31.4 Å². The van der Waals surface area contributed by atoms with E-state index in [9.17, 15) is 9.59 Å². The number of aromatic nitrogens is 1. The number of esters is 1. The lowest BCUT2D eigenvalue weighted by molar-refractivity contribution is -0.139.